The van der Waals surface area contributed by atoms with Crippen LogP contribution in [0.25, 0.3) is 5.69 Å². The smallest absolute Gasteiger partial charge is 0.274 e. The molecule has 1 fully saturated rings. The third-order valence-electron chi connectivity index (χ3n) is 4.30. The first kappa shape index (κ1) is 15.6. The Morgan fingerprint density at radius 3 is 2.96 bits per heavy atom. The molecule has 2 heterocycles. The van der Waals surface area contributed by atoms with Crippen LogP contribution >= 0.6 is 0 Å². The Bertz CT molecular complexity index is 710. The molecule has 1 aromatic carbocycles. The normalized spacial score (nSPS) is 17.5. The van der Waals surface area contributed by atoms with E-state index in [1.165, 1.54) is 0 Å². The first-order valence-electron chi connectivity index (χ1n) is 7.82. The quantitative estimate of drug-likeness (QED) is 0.930. The van der Waals surface area contributed by atoms with Gasteiger partial charge in [-0.2, -0.15) is 5.10 Å². The summed E-state index contributed by atoms with van der Waals surface area (Å²) in [4.78, 5) is 14.4. The maximum Gasteiger partial charge on any atom is 0.274 e. The topological polar surface area (TPSA) is 73.4 Å². The van der Waals surface area contributed by atoms with Crippen molar-refractivity contribution < 1.29 is 9.53 Å². The van der Waals surface area contributed by atoms with E-state index in [4.69, 9.17) is 10.5 Å². The van der Waals surface area contributed by atoms with Gasteiger partial charge in [0.15, 0.2) is 5.69 Å². The molecule has 0 radical (unpaired) electrons. The number of carbonyl (C=O) groups excluding carboxylic acids is 1. The maximum absolute atomic E-state index is 12.6. The number of amides is 1. The van der Waals surface area contributed by atoms with Gasteiger partial charge in [0.1, 0.15) is 11.4 Å². The van der Waals surface area contributed by atoms with Gasteiger partial charge < -0.3 is 15.4 Å². The number of ether oxygens (including phenoxy) is 1. The van der Waals surface area contributed by atoms with Crippen LogP contribution in [0, 0.1) is 12.8 Å². The van der Waals surface area contributed by atoms with Crippen LogP contribution in [-0.4, -0.2) is 47.3 Å². The highest BCUT2D eigenvalue weighted by Crippen LogP contribution is 2.24. The van der Waals surface area contributed by atoms with E-state index in [-0.39, 0.29) is 5.91 Å². The van der Waals surface area contributed by atoms with E-state index in [9.17, 15) is 4.79 Å². The number of benzene rings is 1. The molecule has 1 aromatic heterocycles. The van der Waals surface area contributed by atoms with E-state index < -0.39 is 0 Å². The maximum atomic E-state index is 12.6. The Hall–Kier alpha value is -2.34. The molecule has 23 heavy (non-hydrogen) atoms. The Morgan fingerprint density at radius 2 is 2.26 bits per heavy atom. The van der Waals surface area contributed by atoms with Crippen LogP contribution in [0.15, 0.2) is 30.5 Å². The third kappa shape index (κ3) is 3.07. The molecule has 1 aliphatic rings. The molecule has 1 saturated heterocycles. The van der Waals surface area contributed by atoms with Crippen molar-refractivity contribution in [3.63, 3.8) is 0 Å². The minimum atomic E-state index is -0.0358. The molecule has 0 spiro atoms. The first-order chi connectivity index (χ1) is 11.1. The summed E-state index contributed by atoms with van der Waals surface area (Å²) in [5.74, 6) is 1.09. The minimum absolute atomic E-state index is 0.0358. The van der Waals surface area contributed by atoms with Gasteiger partial charge in [-0.15, -0.1) is 0 Å². The van der Waals surface area contributed by atoms with Crippen molar-refractivity contribution in [2.24, 2.45) is 11.7 Å². The van der Waals surface area contributed by atoms with Crippen molar-refractivity contribution in [1.29, 1.82) is 0 Å². The molecule has 122 valence electrons. The fraction of sp³-hybridized carbons (Fsp3) is 0.412. The number of rotatable bonds is 4. The molecular formula is C17H22N4O2. The Labute approximate surface area is 135 Å². The number of aryl methyl sites for hydroxylation is 1. The Morgan fingerprint density at radius 1 is 1.43 bits per heavy atom. The third-order valence-corrected chi connectivity index (χ3v) is 4.30. The lowest BCUT2D eigenvalue weighted by atomic mass is 10.1. The van der Waals surface area contributed by atoms with Gasteiger partial charge in [0.25, 0.3) is 5.91 Å². The molecule has 1 aliphatic heterocycles. The standard InChI is InChI=1S/C17H22N4O2/c1-12-3-4-16(23-2)15(9-12)21-8-6-14(19-21)17(22)20-7-5-13(10-18)11-20/h3-4,6,8-9,13H,5,7,10-11,18H2,1-2H3. The van der Waals surface area contributed by atoms with Crippen molar-refractivity contribution in [1.82, 2.24) is 14.7 Å². The lowest BCUT2D eigenvalue weighted by Gasteiger charge is -2.14. The summed E-state index contributed by atoms with van der Waals surface area (Å²) >= 11 is 0. The second-order valence-corrected chi connectivity index (χ2v) is 5.96. The lowest BCUT2D eigenvalue weighted by Crippen LogP contribution is -2.30. The summed E-state index contributed by atoms with van der Waals surface area (Å²) in [5, 5.41) is 4.44. The van der Waals surface area contributed by atoms with Crippen LogP contribution in [0.1, 0.15) is 22.5 Å². The van der Waals surface area contributed by atoms with E-state index in [0.717, 1.165) is 36.5 Å². The van der Waals surface area contributed by atoms with Gasteiger partial charge in [0.05, 0.1) is 7.11 Å². The fourth-order valence-corrected chi connectivity index (χ4v) is 2.92. The van der Waals surface area contributed by atoms with Crippen LogP contribution in [0.2, 0.25) is 0 Å². The van der Waals surface area contributed by atoms with E-state index in [1.54, 1.807) is 24.1 Å². The van der Waals surface area contributed by atoms with Crippen molar-refractivity contribution in [2.45, 2.75) is 13.3 Å². The first-order valence-corrected chi connectivity index (χ1v) is 7.82. The zero-order chi connectivity index (χ0) is 16.4. The summed E-state index contributed by atoms with van der Waals surface area (Å²) in [6.45, 7) is 4.10. The predicted octanol–water partition coefficient (Wildman–Crippen LogP) is 1.61. The van der Waals surface area contributed by atoms with Crippen LogP contribution in [-0.2, 0) is 0 Å². The number of hydrogen-bond donors (Lipinski definition) is 1. The average molecular weight is 314 g/mol. The Kier molecular flexibility index (Phi) is 4.34. The van der Waals surface area contributed by atoms with Gasteiger partial charge in [0.2, 0.25) is 0 Å². The van der Waals surface area contributed by atoms with Gasteiger partial charge in [0, 0.05) is 19.3 Å². The van der Waals surface area contributed by atoms with Gasteiger partial charge in [-0.3, -0.25) is 4.79 Å². The van der Waals surface area contributed by atoms with E-state index in [0.29, 0.717) is 18.2 Å². The minimum Gasteiger partial charge on any atom is -0.494 e. The summed E-state index contributed by atoms with van der Waals surface area (Å²) < 4.78 is 7.07. The number of carbonyl (C=O) groups is 1. The average Bonchev–Trinajstić information content (AvgIpc) is 3.23. The van der Waals surface area contributed by atoms with E-state index in [2.05, 4.69) is 5.10 Å². The van der Waals surface area contributed by atoms with E-state index >= 15 is 0 Å². The molecule has 1 amide bonds. The number of nitrogens with zero attached hydrogens (tertiary/aromatic N) is 3. The van der Waals surface area contributed by atoms with Gasteiger partial charge >= 0.3 is 0 Å². The van der Waals surface area contributed by atoms with Crippen LogP contribution < -0.4 is 10.5 Å². The van der Waals surface area contributed by atoms with Gasteiger partial charge in [-0.1, -0.05) is 6.07 Å². The molecular weight excluding hydrogens is 292 g/mol. The summed E-state index contributed by atoms with van der Waals surface area (Å²) in [6, 6.07) is 7.62. The SMILES string of the molecule is COc1ccc(C)cc1-n1ccc(C(=O)N2CCC(CN)C2)n1. The van der Waals surface area contributed by atoms with Crippen molar-refractivity contribution in [2.75, 3.05) is 26.7 Å². The number of methoxy groups -OCH3 is 1. The zero-order valence-corrected chi connectivity index (χ0v) is 13.5. The number of nitrogens with two attached hydrogens (primary N) is 1. The van der Waals surface area contributed by atoms with Gasteiger partial charge in [-0.25, -0.2) is 4.68 Å². The summed E-state index contributed by atoms with van der Waals surface area (Å²) in [7, 11) is 1.63. The van der Waals surface area contributed by atoms with Crippen LogP contribution in [0.5, 0.6) is 5.75 Å². The molecule has 2 N–H and O–H groups in total. The number of aromatic nitrogens is 2. The molecule has 0 aliphatic carbocycles. The zero-order valence-electron chi connectivity index (χ0n) is 13.5. The highest BCUT2D eigenvalue weighted by atomic mass is 16.5. The van der Waals surface area contributed by atoms with Crippen LogP contribution in [0.4, 0.5) is 0 Å². The molecule has 6 heteroatoms. The van der Waals surface area contributed by atoms with Crippen molar-refractivity contribution in [3.8, 4) is 11.4 Å². The molecule has 0 bridgehead atoms. The monoisotopic (exact) mass is 314 g/mol. The lowest BCUT2D eigenvalue weighted by molar-refractivity contribution is 0.0781. The summed E-state index contributed by atoms with van der Waals surface area (Å²) in [6.07, 6.45) is 2.76. The van der Waals surface area contributed by atoms with Crippen molar-refractivity contribution >= 4 is 5.91 Å². The highest BCUT2D eigenvalue weighted by molar-refractivity contribution is 5.92. The highest BCUT2D eigenvalue weighted by Gasteiger charge is 2.27. The summed E-state index contributed by atoms with van der Waals surface area (Å²) in [5.41, 5.74) is 8.07. The second-order valence-electron chi connectivity index (χ2n) is 5.96. The molecule has 1 atom stereocenters. The molecule has 3 rings (SSSR count). The largest absolute Gasteiger partial charge is 0.494 e. The second kappa shape index (κ2) is 6.42. The Balaban J connectivity index is 1.84. The number of hydrogen-bond acceptors (Lipinski definition) is 4. The van der Waals surface area contributed by atoms with Crippen LogP contribution in [0.3, 0.4) is 0 Å². The molecule has 2 aromatic rings. The van der Waals surface area contributed by atoms with Gasteiger partial charge in [-0.05, 0) is 49.6 Å². The van der Waals surface area contributed by atoms with E-state index in [1.807, 2.05) is 30.0 Å². The fourth-order valence-electron chi connectivity index (χ4n) is 2.92. The molecule has 0 saturated carbocycles. The van der Waals surface area contributed by atoms with Crippen molar-refractivity contribution in [3.05, 3.63) is 41.7 Å². The molecule has 1 unspecified atom stereocenters. The number of likely N-dealkylation sites (tertiary alicyclic amines) is 1. The molecule has 6 nitrogen and oxygen atoms in total. The predicted molar refractivity (Wildman–Crippen MR) is 87.9 cm³/mol.